The Kier molecular flexibility index (Phi) is 2.67. The lowest BCUT2D eigenvalue weighted by Crippen LogP contribution is -2.67. The fourth-order valence-corrected chi connectivity index (χ4v) is 3.77. The van der Waals surface area contributed by atoms with E-state index in [1.165, 1.54) is 0 Å². The minimum absolute atomic E-state index is 0.0281. The highest BCUT2D eigenvalue weighted by molar-refractivity contribution is 6.20. The van der Waals surface area contributed by atoms with Gasteiger partial charge >= 0.3 is 6.03 Å². The number of hydrogen-bond donors (Lipinski definition) is 2. The summed E-state index contributed by atoms with van der Waals surface area (Å²) in [7, 11) is 0. The second-order valence-corrected chi connectivity index (χ2v) is 5.59. The molecular weight excluding hydrogens is 248 g/mol. The third kappa shape index (κ3) is 1.49. The first-order valence-corrected chi connectivity index (χ1v) is 6.91. The first kappa shape index (κ1) is 12.6. The van der Waals surface area contributed by atoms with Gasteiger partial charge in [-0.3, -0.25) is 20.2 Å². The molecule has 0 bridgehead atoms. The minimum Gasteiger partial charge on any atom is -0.364 e. The van der Waals surface area contributed by atoms with Crippen LogP contribution in [0.5, 0.6) is 0 Å². The number of amides is 4. The van der Waals surface area contributed by atoms with Crippen LogP contribution in [-0.2, 0) is 14.3 Å². The Morgan fingerprint density at radius 1 is 1.16 bits per heavy atom. The standard InChI is InChI=1S/C13H18N2O4/c1-2-12(9(16)14-11(18)15-10(12)17)13-7-5-3-4-6-8(13)19-13/h8H,2-7H2,1H3,(H2,14,15,16,17,18). The number of urea groups is 1. The van der Waals surface area contributed by atoms with Crippen molar-refractivity contribution in [3.05, 3.63) is 0 Å². The fourth-order valence-electron chi connectivity index (χ4n) is 3.77. The van der Waals surface area contributed by atoms with E-state index in [-0.39, 0.29) is 6.10 Å². The molecule has 2 unspecified atom stereocenters. The Morgan fingerprint density at radius 3 is 2.47 bits per heavy atom. The molecule has 1 aliphatic carbocycles. The molecule has 0 spiro atoms. The molecule has 0 aromatic heterocycles. The summed E-state index contributed by atoms with van der Waals surface area (Å²) in [4.78, 5) is 35.9. The molecule has 2 N–H and O–H groups in total. The lowest BCUT2D eigenvalue weighted by atomic mass is 9.67. The second-order valence-electron chi connectivity index (χ2n) is 5.59. The van der Waals surface area contributed by atoms with Crippen molar-refractivity contribution >= 4 is 17.8 Å². The van der Waals surface area contributed by atoms with Crippen LogP contribution in [0.15, 0.2) is 0 Å². The molecule has 2 atom stereocenters. The molecule has 3 rings (SSSR count). The van der Waals surface area contributed by atoms with Crippen molar-refractivity contribution in [3.8, 4) is 0 Å². The summed E-state index contributed by atoms with van der Waals surface area (Å²) in [5, 5.41) is 4.46. The molecule has 6 nitrogen and oxygen atoms in total. The van der Waals surface area contributed by atoms with Gasteiger partial charge in [-0.15, -0.1) is 0 Å². The summed E-state index contributed by atoms with van der Waals surface area (Å²) in [6, 6.07) is -0.735. The number of carbonyl (C=O) groups excluding carboxylic acids is 3. The van der Waals surface area contributed by atoms with Gasteiger partial charge in [-0.2, -0.15) is 0 Å². The molecular formula is C13H18N2O4. The fraction of sp³-hybridized carbons (Fsp3) is 0.769. The molecule has 0 aromatic carbocycles. The molecule has 104 valence electrons. The van der Waals surface area contributed by atoms with E-state index in [0.717, 1.165) is 25.7 Å². The van der Waals surface area contributed by atoms with Crippen molar-refractivity contribution in [2.75, 3.05) is 0 Å². The third-order valence-electron chi connectivity index (χ3n) is 4.81. The van der Waals surface area contributed by atoms with Gasteiger partial charge in [-0.25, -0.2) is 4.79 Å². The number of hydrogen-bond acceptors (Lipinski definition) is 4. The zero-order valence-corrected chi connectivity index (χ0v) is 11.0. The van der Waals surface area contributed by atoms with Crippen molar-refractivity contribution in [3.63, 3.8) is 0 Å². The first-order chi connectivity index (χ1) is 9.07. The van der Waals surface area contributed by atoms with Crippen molar-refractivity contribution < 1.29 is 19.1 Å². The number of barbiturate groups is 1. The van der Waals surface area contributed by atoms with Crippen LogP contribution in [0, 0.1) is 5.41 Å². The monoisotopic (exact) mass is 266 g/mol. The summed E-state index contributed by atoms with van der Waals surface area (Å²) in [6.45, 7) is 1.80. The minimum atomic E-state index is -1.25. The van der Waals surface area contributed by atoms with Gasteiger partial charge in [0, 0.05) is 0 Å². The van der Waals surface area contributed by atoms with Crippen LogP contribution in [0.2, 0.25) is 0 Å². The molecule has 19 heavy (non-hydrogen) atoms. The smallest absolute Gasteiger partial charge is 0.328 e. The third-order valence-corrected chi connectivity index (χ3v) is 4.81. The van der Waals surface area contributed by atoms with Crippen LogP contribution in [0.4, 0.5) is 4.79 Å². The maximum absolute atomic E-state index is 12.3. The van der Waals surface area contributed by atoms with Gasteiger partial charge in [0.2, 0.25) is 11.8 Å². The van der Waals surface area contributed by atoms with E-state index in [9.17, 15) is 14.4 Å². The number of fused-ring (bicyclic) bond motifs is 1. The number of rotatable bonds is 2. The van der Waals surface area contributed by atoms with Crippen LogP contribution in [0.25, 0.3) is 0 Å². The zero-order chi connectivity index (χ0) is 13.7. The highest BCUT2D eigenvalue weighted by Gasteiger charge is 2.74. The molecule has 4 amide bonds. The van der Waals surface area contributed by atoms with Gasteiger partial charge in [0.15, 0.2) is 5.41 Å². The average Bonchev–Trinajstić information content (AvgIpc) is 3.03. The summed E-state index contributed by atoms with van der Waals surface area (Å²) in [5.74, 6) is -1.01. The number of imide groups is 2. The topological polar surface area (TPSA) is 87.8 Å². The zero-order valence-electron chi connectivity index (χ0n) is 11.0. The molecule has 3 aliphatic rings. The molecule has 0 radical (unpaired) electrons. The number of ether oxygens (including phenoxy) is 1. The Balaban J connectivity index is 2.01. The van der Waals surface area contributed by atoms with E-state index < -0.39 is 28.9 Å². The van der Waals surface area contributed by atoms with Crippen LogP contribution < -0.4 is 10.6 Å². The summed E-state index contributed by atoms with van der Waals surface area (Å²) < 4.78 is 5.82. The van der Waals surface area contributed by atoms with Crippen molar-refractivity contribution in [2.45, 2.75) is 57.2 Å². The molecule has 2 saturated heterocycles. The molecule has 1 saturated carbocycles. The lowest BCUT2D eigenvalue weighted by molar-refractivity contribution is -0.150. The van der Waals surface area contributed by atoms with Gasteiger partial charge in [0.05, 0.1) is 6.10 Å². The van der Waals surface area contributed by atoms with Gasteiger partial charge in [0.1, 0.15) is 5.60 Å². The van der Waals surface area contributed by atoms with Crippen molar-refractivity contribution in [1.82, 2.24) is 10.6 Å². The average molecular weight is 266 g/mol. The van der Waals surface area contributed by atoms with Crippen LogP contribution >= 0.6 is 0 Å². The van der Waals surface area contributed by atoms with Crippen molar-refractivity contribution in [1.29, 1.82) is 0 Å². The summed E-state index contributed by atoms with van der Waals surface area (Å²) >= 11 is 0. The SMILES string of the molecule is CCC1(C23CCCCCC2O3)C(=O)NC(=O)NC1=O. The normalized spacial score (nSPS) is 36.9. The lowest BCUT2D eigenvalue weighted by Gasteiger charge is -2.38. The largest absolute Gasteiger partial charge is 0.364 e. The molecule has 2 aliphatic heterocycles. The van der Waals surface area contributed by atoms with Crippen LogP contribution in [-0.4, -0.2) is 29.6 Å². The highest BCUT2D eigenvalue weighted by atomic mass is 16.6. The van der Waals surface area contributed by atoms with Gasteiger partial charge in [0.25, 0.3) is 0 Å². The number of carbonyl (C=O) groups is 3. The maximum atomic E-state index is 12.3. The Bertz CT molecular complexity index is 442. The van der Waals surface area contributed by atoms with E-state index in [4.69, 9.17) is 4.74 Å². The molecule has 0 aromatic rings. The number of nitrogens with one attached hydrogen (secondary N) is 2. The quantitative estimate of drug-likeness (QED) is 0.573. The van der Waals surface area contributed by atoms with Gasteiger partial charge in [-0.1, -0.05) is 26.2 Å². The van der Waals surface area contributed by atoms with Crippen LogP contribution in [0.1, 0.15) is 45.4 Å². The Morgan fingerprint density at radius 2 is 1.84 bits per heavy atom. The Labute approximate surface area is 111 Å². The van der Waals surface area contributed by atoms with E-state index in [0.29, 0.717) is 12.8 Å². The van der Waals surface area contributed by atoms with Gasteiger partial charge < -0.3 is 4.74 Å². The van der Waals surface area contributed by atoms with E-state index in [2.05, 4.69) is 10.6 Å². The van der Waals surface area contributed by atoms with E-state index in [1.54, 1.807) is 6.92 Å². The highest BCUT2D eigenvalue weighted by Crippen LogP contribution is 2.59. The molecule has 6 heteroatoms. The number of epoxide rings is 1. The van der Waals surface area contributed by atoms with E-state index in [1.807, 2.05) is 0 Å². The van der Waals surface area contributed by atoms with Crippen molar-refractivity contribution in [2.24, 2.45) is 5.41 Å². The summed E-state index contributed by atoms with van der Waals surface area (Å²) in [5.41, 5.74) is -1.96. The Hall–Kier alpha value is -1.43. The predicted octanol–water partition coefficient (Wildman–Crippen LogP) is 0.850. The molecule has 2 heterocycles. The maximum Gasteiger partial charge on any atom is 0.328 e. The second kappa shape index (κ2) is 4.03. The predicted molar refractivity (Wildman–Crippen MR) is 65.1 cm³/mol. The van der Waals surface area contributed by atoms with Crippen LogP contribution in [0.3, 0.4) is 0 Å². The first-order valence-electron chi connectivity index (χ1n) is 6.91. The summed E-state index contributed by atoms with van der Waals surface area (Å²) in [6.07, 6.45) is 5.02. The van der Waals surface area contributed by atoms with Gasteiger partial charge in [-0.05, 0) is 19.3 Å². The van der Waals surface area contributed by atoms with E-state index >= 15 is 0 Å². The molecule has 3 fully saturated rings.